The largest absolute Gasteiger partial charge is 0.486 e. The molecule has 0 bridgehead atoms. The van der Waals surface area contributed by atoms with E-state index in [2.05, 4.69) is 59.9 Å². The van der Waals surface area contributed by atoms with Gasteiger partial charge in [-0.2, -0.15) is 0 Å². The average Bonchev–Trinajstić information content (AvgIpc) is 2.46. The zero-order valence-corrected chi connectivity index (χ0v) is 15.2. The fourth-order valence-electron chi connectivity index (χ4n) is 2.09. The van der Waals surface area contributed by atoms with Crippen LogP contribution in [0.25, 0.3) is 0 Å². The lowest BCUT2D eigenvalue weighted by atomic mass is 10.0. The number of hydrogen-bond acceptors (Lipinski definition) is 2. The fourth-order valence-corrected chi connectivity index (χ4v) is 3.89. The Morgan fingerprint density at radius 1 is 0.900 bits per heavy atom. The second-order valence-corrected chi connectivity index (χ2v) is 7.12. The number of ether oxygens (including phenoxy) is 2. The van der Waals surface area contributed by atoms with Crippen LogP contribution in [-0.4, -0.2) is 13.2 Å². The second kappa shape index (κ2) is 6.08. The standard InChI is InChI=1S/C15H11Br3O2/c16-10-3-1-9(2-4-10)15(18)11-7-13-14(8-12(11)17)20-6-5-19-13/h1-4,7-8,15H,5-6H2. The molecule has 0 amide bonds. The van der Waals surface area contributed by atoms with Gasteiger partial charge in [0.15, 0.2) is 11.5 Å². The van der Waals surface area contributed by atoms with Crippen molar-refractivity contribution in [2.75, 3.05) is 13.2 Å². The first-order valence-corrected chi connectivity index (χ1v) is 8.64. The van der Waals surface area contributed by atoms with Crippen LogP contribution in [0.5, 0.6) is 11.5 Å². The number of alkyl halides is 1. The van der Waals surface area contributed by atoms with Gasteiger partial charge in [0, 0.05) is 8.95 Å². The van der Waals surface area contributed by atoms with Gasteiger partial charge >= 0.3 is 0 Å². The number of hydrogen-bond donors (Lipinski definition) is 0. The monoisotopic (exact) mass is 460 g/mol. The minimum Gasteiger partial charge on any atom is -0.486 e. The van der Waals surface area contributed by atoms with Crippen molar-refractivity contribution >= 4 is 47.8 Å². The molecule has 0 saturated carbocycles. The predicted molar refractivity (Wildman–Crippen MR) is 90.0 cm³/mol. The third kappa shape index (κ3) is 2.90. The Balaban J connectivity index is 1.98. The molecule has 2 aromatic rings. The van der Waals surface area contributed by atoms with Gasteiger partial charge in [-0.3, -0.25) is 0 Å². The third-order valence-corrected chi connectivity index (χ3v) is 5.33. The quantitative estimate of drug-likeness (QED) is 0.551. The van der Waals surface area contributed by atoms with E-state index < -0.39 is 0 Å². The van der Waals surface area contributed by atoms with E-state index in [9.17, 15) is 0 Å². The molecule has 1 unspecified atom stereocenters. The normalized spacial score (nSPS) is 14.9. The SMILES string of the molecule is Brc1ccc(C(Br)c2cc3c(cc2Br)OCCO3)cc1. The van der Waals surface area contributed by atoms with Crippen LogP contribution < -0.4 is 9.47 Å². The Kier molecular flexibility index (Phi) is 4.38. The summed E-state index contributed by atoms with van der Waals surface area (Å²) in [5.74, 6) is 1.60. The molecule has 0 fully saturated rings. The van der Waals surface area contributed by atoms with Gasteiger partial charge in [-0.05, 0) is 35.4 Å². The van der Waals surface area contributed by atoms with Crippen molar-refractivity contribution in [3.8, 4) is 11.5 Å². The molecule has 0 aliphatic carbocycles. The maximum absolute atomic E-state index is 5.65. The molecule has 3 rings (SSSR count). The van der Waals surface area contributed by atoms with Crippen molar-refractivity contribution in [1.82, 2.24) is 0 Å². The molecule has 0 N–H and O–H groups in total. The lowest BCUT2D eigenvalue weighted by Crippen LogP contribution is -2.15. The molecule has 1 aliphatic rings. The molecule has 1 aliphatic heterocycles. The van der Waals surface area contributed by atoms with Crippen LogP contribution in [-0.2, 0) is 0 Å². The summed E-state index contributed by atoms with van der Waals surface area (Å²) in [7, 11) is 0. The van der Waals surface area contributed by atoms with E-state index in [0.717, 1.165) is 26.0 Å². The predicted octanol–water partition coefficient (Wildman–Crippen LogP) is 5.47. The third-order valence-electron chi connectivity index (χ3n) is 3.10. The molecule has 0 radical (unpaired) electrons. The van der Waals surface area contributed by atoms with Crippen LogP contribution in [0.4, 0.5) is 0 Å². The second-order valence-electron chi connectivity index (χ2n) is 4.43. The molecule has 0 saturated heterocycles. The highest BCUT2D eigenvalue weighted by atomic mass is 79.9. The fraction of sp³-hybridized carbons (Fsp3) is 0.200. The molecule has 0 aromatic heterocycles. The van der Waals surface area contributed by atoms with E-state index in [0.29, 0.717) is 13.2 Å². The summed E-state index contributed by atoms with van der Waals surface area (Å²) in [6.07, 6.45) is 0. The highest BCUT2D eigenvalue weighted by molar-refractivity contribution is 9.11. The van der Waals surface area contributed by atoms with Crippen molar-refractivity contribution in [3.05, 3.63) is 56.5 Å². The van der Waals surface area contributed by atoms with Crippen molar-refractivity contribution in [3.63, 3.8) is 0 Å². The van der Waals surface area contributed by atoms with Crippen molar-refractivity contribution in [2.24, 2.45) is 0 Å². The zero-order valence-electron chi connectivity index (χ0n) is 10.4. The van der Waals surface area contributed by atoms with Gasteiger partial charge in [-0.25, -0.2) is 0 Å². The number of halogens is 3. The molecule has 2 nitrogen and oxygen atoms in total. The molecule has 1 heterocycles. The van der Waals surface area contributed by atoms with Crippen LogP contribution in [0.15, 0.2) is 45.3 Å². The van der Waals surface area contributed by atoms with Gasteiger partial charge in [0.25, 0.3) is 0 Å². The highest BCUT2D eigenvalue weighted by Crippen LogP contribution is 2.42. The Hall–Kier alpha value is -0.520. The van der Waals surface area contributed by atoms with E-state index in [1.54, 1.807) is 0 Å². The van der Waals surface area contributed by atoms with Crippen LogP contribution >= 0.6 is 47.8 Å². The Morgan fingerprint density at radius 2 is 1.50 bits per heavy atom. The first-order valence-electron chi connectivity index (χ1n) is 6.14. The zero-order chi connectivity index (χ0) is 14.1. The number of fused-ring (bicyclic) bond motifs is 1. The molecular weight excluding hydrogens is 452 g/mol. The van der Waals surface area contributed by atoms with Gasteiger partial charge in [-0.1, -0.05) is 59.9 Å². The van der Waals surface area contributed by atoms with Crippen LogP contribution in [0.3, 0.4) is 0 Å². The van der Waals surface area contributed by atoms with E-state index in [1.165, 1.54) is 5.56 Å². The van der Waals surface area contributed by atoms with Crippen LogP contribution in [0.1, 0.15) is 16.0 Å². The average molecular weight is 463 g/mol. The van der Waals surface area contributed by atoms with Crippen LogP contribution in [0.2, 0.25) is 0 Å². The van der Waals surface area contributed by atoms with Gasteiger partial charge in [0.05, 0.1) is 4.83 Å². The van der Waals surface area contributed by atoms with Gasteiger partial charge < -0.3 is 9.47 Å². The molecule has 5 heteroatoms. The minimum atomic E-state index is 0.0980. The Bertz CT molecular complexity index is 626. The molecule has 1 atom stereocenters. The van der Waals surface area contributed by atoms with E-state index >= 15 is 0 Å². The first kappa shape index (κ1) is 14.4. The maximum atomic E-state index is 5.65. The molecule has 20 heavy (non-hydrogen) atoms. The molecule has 0 spiro atoms. The lowest BCUT2D eigenvalue weighted by Gasteiger charge is -2.21. The van der Waals surface area contributed by atoms with E-state index in [1.807, 2.05) is 24.3 Å². The Morgan fingerprint density at radius 3 is 2.15 bits per heavy atom. The summed E-state index contributed by atoms with van der Waals surface area (Å²) < 4.78 is 13.3. The van der Waals surface area contributed by atoms with Gasteiger partial charge in [-0.15, -0.1) is 0 Å². The summed E-state index contributed by atoms with van der Waals surface area (Å²) >= 11 is 10.8. The maximum Gasteiger partial charge on any atom is 0.162 e. The summed E-state index contributed by atoms with van der Waals surface area (Å²) in [6, 6.07) is 12.3. The summed E-state index contributed by atoms with van der Waals surface area (Å²) in [5, 5.41) is 0. The van der Waals surface area contributed by atoms with Crippen molar-refractivity contribution in [1.29, 1.82) is 0 Å². The topological polar surface area (TPSA) is 18.5 Å². The smallest absolute Gasteiger partial charge is 0.162 e. The number of benzene rings is 2. The van der Waals surface area contributed by atoms with Crippen LogP contribution in [0, 0.1) is 0 Å². The highest BCUT2D eigenvalue weighted by Gasteiger charge is 2.19. The van der Waals surface area contributed by atoms with Gasteiger partial charge in [0.1, 0.15) is 13.2 Å². The molecule has 2 aromatic carbocycles. The first-order chi connectivity index (χ1) is 9.65. The summed E-state index contributed by atoms with van der Waals surface area (Å²) in [6.45, 7) is 1.20. The summed E-state index contributed by atoms with van der Waals surface area (Å²) in [4.78, 5) is 0.0980. The number of rotatable bonds is 2. The molecular formula is C15H11Br3O2. The Labute approximate surface area is 142 Å². The molecule has 104 valence electrons. The van der Waals surface area contributed by atoms with E-state index in [-0.39, 0.29) is 4.83 Å². The van der Waals surface area contributed by atoms with Crippen molar-refractivity contribution in [2.45, 2.75) is 4.83 Å². The minimum absolute atomic E-state index is 0.0980. The van der Waals surface area contributed by atoms with Crippen molar-refractivity contribution < 1.29 is 9.47 Å². The lowest BCUT2D eigenvalue weighted by molar-refractivity contribution is 0.171. The summed E-state index contributed by atoms with van der Waals surface area (Å²) in [5.41, 5.74) is 2.31. The van der Waals surface area contributed by atoms with E-state index in [4.69, 9.17) is 9.47 Å². The van der Waals surface area contributed by atoms with Gasteiger partial charge in [0.2, 0.25) is 0 Å².